The summed E-state index contributed by atoms with van der Waals surface area (Å²) in [5, 5.41) is 29.2. The molecule has 0 radical (unpaired) electrons. The van der Waals surface area contributed by atoms with E-state index in [9.17, 15) is 20.1 Å². The van der Waals surface area contributed by atoms with Crippen LogP contribution in [0.5, 0.6) is 28.7 Å². The van der Waals surface area contributed by atoms with E-state index in [1.165, 1.54) is 13.2 Å². The monoisotopic (exact) mass is 384 g/mol. The molecule has 146 valence electrons. The molecule has 2 aliphatic heterocycles. The lowest BCUT2D eigenvalue weighted by Crippen LogP contribution is -2.36. The lowest BCUT2D eigenvalue weighted by Gasteiger charge is -2.32. The number of ketones is 1. The van der Waals surface area contributed by atoms with Crippen LogP contribution in [0.25, 0.3) is 6.08 Å². The Balaban J connectivity index is 1.74. The van der Waals surface area contributed by atoms with E-state index >= 15 is 0 Å². The number of aliphatic hydroxyl groups excluding tert-OH is 1. The van der Waals surface area contributed by atoms with E-state index in [2.05, 4.69) is 0 Å². The van der Waals surface area contributed by atoms with Crippen molar-refractivity contribution in [2.45, 2.75) is 25.0 Å². The third-order valence-electron chi connectivity index (χ3n) is 4.95. The molecule has 0 spiro atoms. The molecule has 3 N–H and O–H groups in total. The Morgan fingerprint density at radius 3 is 2.75 bits per heavy atom. The van der Waals surface area contributed by atoms with Gasteiger partial charge >= 0.3 is 0 Å². The third-order valence-corrected chi connectivity index (χ3v) is 4.95. The number of carbonyl (C=O) groups is 1. The van der Waals surface area contributed by atoms with E-state index in [1.54, 1.807) is 19.1 Å². The summed E-state index contributed by atoms with van der Waals surface area (Å²) < 4.78 is 17.3. The zero-order valence-corrected chi connectivity index (χ0v) is 15.4. The summed E-state index contributed by atoms with van der Waals surface area (Å²) in [4.78, 5) is 12.5. The second-order valence-electron chi connectivity index (χ2n) is 7.12. The van der Waals surface area contributed by atoms with Crippen molar-refractivity contribution in [3.05, 3.63) is 47.0 Å². The molecular weight excluding hydrogens is 364 g/mol. The molecule has 0 saturated heterocycles. The molecule has 2 atom stereocenters. The van der Waals surface area contributed by atoms with Crippen LogP contribution in [-0.2, 0) is 0 Å². The highest BCUT2D eigenvalue weighted by molar-refractivity contribution is 6.02. The van der Waals surface area contributed by atoms with Gasteiger partial charge in [0, 0.05) is 17.7 Å². The number of benzene rings is 2. The number of carbonyl (C=O) groups excluding carboxylic acids is 1. The molecule has 0 aliphatic carbocycles. The van der Waals surface area contributed by atoms with Crippen molar-refractivity contribution in [3.8, 4) is 28.7 Å². The van der Waals surface area contributed by atoms with Crippen LogP contribution >= 0.6 is 0 Å². The van der Waals surface area contributed by atoms with Gasteiger partial charge in [-0.15, -0.1) is 0 Å². The van der Waals surface area contributed by atoms with Crippen LogP contribution < -0.4 is 14.2 Å². The number of phenolic OH excluding ortho intramolecular Hbond substituents is 2. The number of phenols is 2. The Kier molecular flexibility index (Phi) is 4.19. The van der Waals surface area contributed by atoms with Crippen LogP contribution in [-0.4, -0.2) is 40.4 Å². The van der Waals surface area contributed by atoms with Gasteiger partial charge in [0.25, 0.3) is 0 Å². The van der Waals surface area contributed by atoms with Crippen LogP contribution in [0.4, 0.5) is 0 Å². The minimum absolute atomic E-state index is 0.0339. The SMILES string of the molecule is COc1cc([C@@H]2CC(=O)c3c(O)cc(O)cc3O2)cc2c1OC(C)(CO)C=C2. The highest BCUT2D eigenvalue weighted by atomic mass is 16.5. The van der Waals surface area contributed by atoms with E-state index < -0.39 is 11.7 Å². The van der Waals surface area contributed by atoms with Crippen molar-refractivity contribution in [2.24, 2.45) is 0 Å². The van der Waals surface area contributed by atoms with Crippen LogP contribution in [0.3, 0.4) is 0 Å². The molecule has 0 aromatic heterocycles. The van der Waals surface area contributed by atoms with Crippen molar-refractivity contribution in [1.29, 1.82) is 0 Å². The predicted octanol–water partition coefficient (Wildman–Crippen LogP) is 2.97. The van der Waals surface area contributed by atoms with Gasteiger partial charge in [0.05, 0.1) is 20.1 Å². The predicted molar refractivity (Wildman–Crippen MR) is 100 cm³/mol. The number of methoxy groups -OCH3 is 1. The first-order chi connectivity index (χ1) is 13.3. The molecular formula is C21H20O7. The fourth-order valence-electron chi connectivity index (χ4n) is 3.45. The van der Waals surface area contributed by atoms with Gasteiger partial charge in [-0.05, 0) is 30.7 Å². The summed E-state index contributed by atoms with van der Waals surface area (Å²) in [5.74, 6) is 0.323. The van der Waals surface area contributed by atoms with E-state index in [0.29, 0.717) is 17.1 Å². The number of rotatable bonds is 3. The smallest absolute Gasteiger partial charge is 0.174 e. The molecule has 2 heterocycles. The molecule has 28 heavy (non-hydrogen) atoms. The first-order valence-electron chi connectivity index (χ1n) is 8.80. The minimum Gasteiger partial charge on any atom is -0.508 e. The number of fused-ring (bicyclic) bond motifs is 2. The zero-order valence-electron chi connectivity index (χ0n) is 15.4. The molecule has 2 aliphatic rings. The van der Waals surface area contributed by atoms with E-state index in [0.717, 1.165) is 11.6 Å². The van der Waals surface area contributed by atoms with Crippen molar-refractivity contribution < 1.29 is 34.3 Å². The van der Waals surface area contributed by atoms with Crippen molar-refractivity contribution in [1.82, 2.24) is 0 Å². The number of hydrogen-bond acceptors (Lipinski definition) is 7. The van der Waals surface area contributed by atoms with Gasteiger partial charge in [0.15, 0.2) is 17.3 Å². The Morgan fingerprint density at radius 1 is 1.25 bits per heavy atom. The van der Waals surface area contributed by atoms with Gasteiger partial charge in [0.2, 0.25) is 0 Å². The fourth-order valence-corrected chi connectivity index (χ4v) is 3.45. The Labute approximate surface area is 161 Å². The molecule has 7 nitrogen and oxygen atoms in total. The van der Waals surface area contributed by atoms with Gasteiger partial charge in [-0.3, -0.25) is 4.79 Å². The average Bonchev–Trinajstić information content (AvgIpc) is 2.66. The summed E-state index contributed by atoms with van der Waals surface area (Å²) in [7, 11) is 1.51. The Bertz CT molecular complexity index is 995. The van der Waals surface area contributed by atoms with E-state index in [1.807, 2.05) is 12.1 Å². The molecule has 2 aromatic carbocycles. The summed E-state index contributed by atoms with van der Waals surface area (Å²) >= 11 is 0. The topological polar surface area (TPSA) is 105 Å². The number of aromatic hydroxyl groups is 2. The number of hydrogen-bond donors (Lipinski definition) is 3. The summed E-state index contributed by atoms with van der Waals surface area (Å²) in [6, 6.07) is 5.98. The molecule has 7 heteroatoms. The number of aliphatic hydroxyl groups is 1. The molecule has 1 unspecified atom stereocenters. The van der Waals surface area contributed by atoms with Gasteiger partial charge in [0.1, 0.15) is 34.5 Å². The highest BCUT2D eigenvalue weighted by Gasteiger charge is 2.33. The van der Waals surface area contributed by atoms with Crippen molar-refractivity contribution in [3.63, 3.8) is 0 Å². The van der Waals surface area contributed by atoms with Crippen molar-refractivity contribution >= 4 is 11.9 Å². The average molecular weight is 384 g/mol. The van der Waals surface area contributed by atoms with Gasteiger partial charge in [-0.1, -0.05) is 6.08 Å². The minimum atomic E-state index is -0.840. The van der Waals surface area contributed by atoms with Gasteiger partial charge in [-0.25, -0.2) is 0 Å². The molecule has 2 aromatic rings. The molecule has 0 fully saturated rings. The Hall–Kier alpha value is -3.19. The van der Waals surface area contributed by atoms with Crippen LogP contribution in [0.2, 0.25) is 0 Å². The van der Waals surface area contributed by atoms with E-state index in [-0.39, 0.29) is 41.6 Å². The quantitative estimate of drug-likeness (QED) is 0.747. The lowest BCUT2D eigenvalue weighted by molar-refractivity contribution is 0.0613. The Morgan fingerprint density at radius 2 is 2.04 bits per heavy atom. The maximum atomic E-state index is 12.5. The van der Waals surface area contributed by atoms with Crippen LogP contribution in [0.15, 0.2) is 30.3 Å². The summed E-state index contributed by atoms with van der Waals surface area (Å²) in [5.41, 5.74) is 0.660. The maximum Gasteiger partial charge on any atom is 0.174 e. The number of ether oxygens (including phenoxy) is 3. The highest BCUT2D eigenvalue weighted by Crippen LogP contribution is 2.45. The van der Waals surface area contributed by atoms with Gasteiger partial charge in [-0.2, -0.15) is 0 Å². The molecule has 4 rings (SSSR count). The zero-order chi connectivity index (χ0) is 20.1. The maximum absolute atomic E-state index is 12.5. The van der Waals surface area contributed by atoms with Crippen LogP contribution in [0, 0.1) is 0 Å². The number of Topliss-reactive ketones (excluding diaryl/α,β-unsaturated/α-hetero) is 1. The van der Waals surface area contributed by atoms with Gasteiger partial charge < -0.3 is 29.5 Å². The van der Waals surface area contributed by atoms with Crippen molar-refractivity contribution in [2.75, 3.05) is 13.7 Å². The molecule has 0 saturated carbocycles. The third kappa shape index (κ3) is 2.93. The first-order valence-corrected chi connectivity index (χ1v) is 8.80. The first kappa shape index (κ1) is 18.2. The second kappa shape index (κ2) is 6.45. The molecule has 0 amide bonds. The lowest BCUT2D eigenvalue weighted by atomic mass is 9.93. The second-order valence-corrected chi connectivity index (χ2v) is 7.12. The molecule has 0 bridgehead atoms. The largest absolute Gasteiger partial charge is 0.508 e. The normalized spacial score (nSPS) is 22.7. The summed E-state index contributed by atoms with van der Waals surface area (Å²) in [6.45, 7) is 1.58. The van der Waals surface area contributed by atoms with E-state index in [4.69, 9.17) is 14.2 Å². The standard InChI is InChI=1S/C21H20O7/c1-21(10-22)4-3-11-5-12(6-18(26-2)20(11)28-21)16-9-15(25)19-14(24)7-13(23)8-17(19)27-16/h3-8,16,22-24H,9-10H2,1-2H3/t16-,21?/m0/s1. The fraction of sp³-hybridized carbons (Fsp3) is 0.286. The summed E-state index contributed by atoms with van der Waals surface area (Å²) in [6.07, 6.45) is 3.01. The van der Waals surface area contributed by atoms with Crippen LogP contribution in [0.1, 0.15) is 40.9 Å².